The molecule has 238 valence electrons. The van der Waals surface area contributed by atoms with E-state index in [0.29, 0.717) is 32.3 Å². The van der Waals surface area contributed by atoms with Crippen molar-refractivity contribution in [3.8, 4) is 0 Å². The second-order valence-electron chi connectivity index (χ2n) is 11.5. The molecule has 1 aromatic carbocycles. The molecule has 1 aromatic rings. The molecule has 0 aliphatic heterocycles. The van der Waals surface area contributed by atoms with Crippen LogP contribution in [-0.4, -0.2) is 46.0 Å². The first kappa shape index (κ1) is 37.7. The number of hydrogen-bond acceptors (Lipinski definition) is 6. The van der Waals surface area contributed by atoms with Gasteiger partial charge in [0.15, 0.2) is 13.2 Å². The zero-order chi connectivity index (χ0) is 30.4. The van der Waals surface area contributed by atoms with Gasteiger partial charge in [-0.3, -0.25) is 10.1 Å². The second-order valence-corrected chi connectivity index (χ2v) is 17.4. The van der Waals surface area contributed by atoms with Gasteiger partial charge >= 0.3 is 0 Å². The van der Waals surface area contributed by atoms with Crippen LogP contribution in [0.25, 0.3) is 0 Å². The van der Waals surface area contributed by atoms with Gasteiger partial charge in [0.25, 0.3) is 5.69 Å². The number of unbranched alkanes of at least 4 members (excludes halogenated alkanes) is 9. The number of aliphatic hydroxyl groups is 1. The van der Waals surface area contributed by atoms with E-state index in [1.54, 1.807) is 0 Å². The molecule has 0 saturated carbocycles. The first-order valence-corrected chi connectivity index (χ1v) is 20.3. The number of nitro benzene ring substituents is 1. The highest BCUT2D eigenvalue weighted by Crippen LogP contribution is 2.31. The smallest absolute Gasteiger partial charge is 0.289 e. The first-order valence-electron chi connectivity index (χ1n) is 16.3. The maximum atomic E-state index is 13.1. The molecule has 0 amide bonds. The number of hydrogen-bond donors (Lipinski definition) is 2. The average molecular weight is 615 g/mol. The Kier molecular flexibility index (Phi) is 20.4. The van der Waals surface area contributed by atoms with Crippen LogP contribution < -0.4 is 4.72 Å². The Morgan fingerprint density at radius 3 is 1.83 bits per heavy atom. The molecule has 0 fully saturated rings. The molecule has 0 saturated heterocycles. The molecule has 0 spiro atoms. The highest BCUT2D eigenvalue weighted by Gasteiger charge is 2.33. The largest absolute Gasteiger partial charge is 0.417 e. The van der Waals surface area contributed by atoms with E-state index in [9.17, 15) is 23.6 Å². The quantitative estimate of drug-likeness (QED) is 0.0444. The lowest BCUT2D eigenvalue weighted by Crippen LogP contribution is -2.39. The summed E-state index contributed by atoms with van der Waals surface area (Å²) < 4.78 is 35.9. The minimum absolute atomic E-state index is 0.0382. The van der Waals surface area contributed by atoms with E-state index in [0.717, 1.165) is 0 Å². The topological polar surface area (TPSA) is 119 Å². The van der Waals surface area contributed by atoms with E-state index in [-0.39, 0.29) is 11.5 Å². The Balaban J connectivity index is 2.94. The molecular weight excluding hydrogens is 557 g/mol. The maximum Gasteiger partial charge on any atom is 0.289 e. The first-order chi connectivity index (χ1) is 19.7. The molecule has 41 heavy (non-hydrogen) atoms. The molecule has 8 nitrogen and oxygen atoms in total. The van der Waals surface area contributed by atoms with Crippen molar-refractivity contribution in [1.82, 2.24) is 4.72 Å². The molecule has 1 rings (SSSR count). The number of sulfonamides is 1. The summed E-state index contributed by atoms with van der Waals surface area (Å²) in [5.74, 6) is 0. The van der Waals surface area contributed by atoms with Crippen molar-refractivity contribution < 1.29 is 22.9 Å². The lowest BCUT2D eigenvalue weighted by atomic mass is 10.1. The summed E-state index contributed by atoms with van der Waals surface area (Å²) in [4.78, 5) is 10.4. The summed E-state index contributed by atoms with van der Waals surface area (Å²) in [6.07, 6.45) is 17.1. The van der Waals surface area contributed by atoms with Gasteiger partial charge < -0.3 is 9.53 Å². The van der Waals surface area contributed by atoms with Gasteiger partial charge in [-0.1, -0.05) is 110 Å². The van der Waals surface area contributed by atoms with E-state index < -0.39 is 35.0 Å². The Hall–Kier alpha value is -1.33. The molecule has 0 aliphatic carbocycles. The third-order valence-electron chi connectivity index (χ3n) is 7.95. The number of nitrogens with zero attached hydrogens (tertiary/aromatic N) is 1. The van der Waals surface area contributed by atoms with Gasteiger partial charge in [-0.05, 0) is 49.9 Å². The number of rotatable bonds is 27. The SMILES string of the molecule is CCCCCC[Si](CCCCCC)(CCCCCC)OCCCC(CCCO)NS(=O)(=O)c1ccccc1[N+](=O)[O-]. The zero-order valence-corrected chi connectivity index (χ0v) is 27.9. The van der Waals surface area contributed by atoms with Crippen LogP contribution >= 0.6 is 0 Å². The van der Waals surface area contributed by atoms with E-state index in [4.69, 9.17) is 4.43 Å². The highest BCUT2D eigenvalue weighted by molar-refractivity contribution is 7.89. The van der Waals surface area contributed by atoms with E-state index in [2.05, 4.69) is 25.5 Å². The number of para-hydroxylation sites is 1. The molecule has 10 heteroatoms. The second kappa shape index (κ2) is 22.2. The lowest BCUT2D eigenvalue weighted by Gasteiger charge is -2.33. The van der Waals surface area contributed by atoms with Crippen LogP contribution in [0.2, 0.25) is 18.1 Å². The van der Waals surface area contributed by atoms with Crippen molar-refractivity contribution in [2.75, 3.05) is 13.2 Å². The summed E-state index contributed by atoms with van der Waals surface area (Å²) in [5, 5.41) is 20.8. The van der Waals surface area contributed by atoms with E-state index in [1.807, 2.05) is 0 Å². The summed E-state index contributed by atoms with van der Waals surface area (Å²) >= 11 is 0. The van der Waals surface area contributed by atoms with Crippen LogP contribution in [0.3, 0.4) is 0 Å². The number of nitrogens with one attached hydrogen (secondary N) is 1. The van der Waals surface area contributed by atoms with Gasteiger partial charge in [-0.15, -0.1) is 0 Å². The van der Waals surface area contributed by atoms with E-state index >= 15 is 0 Å². The average Bonchev–Trinajstić information content (AvgIpc) is 2.96. The standard InChI is InChI=1S/C31H58N2O6SSi/c1-4-7-10-15-26-41(27-16-11-8-5-2,28-17-12-9-6-3)39-25-19-21-29(20-18-24-34)32-40(37,38)31-23-14-13-22-30(31)33(35)36/h13-14,22-23,29,32,34H,4-12,15-21,24-28H2,1-3H3. The van der Waals surface area contributed by atoms with Gasteiger partial charge in [0.1, 0.15) is 0 Å². The molecule has 1 atom stereocenters. The predicted octanol–water partition coefficient (Wildman–Crippen LogP) is 8.50. The van der Waals surface area contributed by atoms with Crippen molar-refractivity contribution in [1.29, 1.82) is 0 Å². The fourth-order valence-corrected chi connectivity index (χ4v) is 11.5. The fraction of sp³-hybridized carbons (Fsp3) is 0.806. The molecule has 0 bridgehead atoms. The summed E-state index contributed by atoms with van der Waals surface area (Å²) in [7, 11) is -6.01. The van der Waals surface area contributed by atoms with Gasteiger partial charge in [-0.25, -0.2) is 13.1 Å². The molecule has 0 heterocycles. The van der Waals surface area contributed by atoms with Crippen LogP contribution in [0.1, 0.15) is 124 Å². The normalized spacial score (nSPS) is 13.0. The van der Waals surface area contributed by atoms with Gasteiger partial charge in [-0.2, -0.15) is 0 Å². The number of benzene rings is 1. The van der Waals surface area contributed by atoms with Crippen LogP contribution in [0.5, 0.6) is 0 Å². The molecule has 0 radical (unpaired) electrons. The summed E-state index contributed by atoms with van der Waals surface area (Å²) in [5.41, 5.74) is -0.436. The third-order valence-corrected chi connectivity index (χ3v) is 14.1. The third kappa shape index (κ3) is 15.6. The van der Waals surface area contributed by atoms with Crippen LogP contribution in [0, 0.1) is 10.1 Å². The Labute approximate surface area is 251 Å². The highest BCUT2D eigenvalue weighted by atomic mass is 32.2. The van der Waals surface area contributed by atoms with Crippen molar-refractivity contribution in [3.05, 3.63) is 34.4 Å². The summed E-state index contributed by atoms with van der Waals surface area (Å²) in [6, 6.07) is 8.63. The lowest BCUT2D eigenvalue weighted by molar-refractivity contribution is -0.387. The van der Waals surface area contributed by atoms with Gasteiger partial charge in [0.2, 0.25) is 10.0 Å². The molecule has 0 aliphatic rings. The van der Waals surface area contributed by atoms with Crippen LogP contribution in [0.15, 0.2) is 29.2 Å². The Bertz CT molecular complexity index is 900. The summed E-state index contributed by atoms with van der Waals surface area (Å²) in [6.45, 7) is 7.31. The minimum Gasteiger partial charge on any atom is -0.417 e. The predicted molar refractivity (Wildman–Crippen MR) is 171 cm³/mol. The minimum atomic E-state index is -4.09. The van der Waals surface area contributed by atoms with Crippen molar-refractivity contribution in [2.24, 2.45) is 0 Å². The Morgan fingerprint density at radius 1 is 0.829 bits per heavy atom. The Morgan fingerprint density at radius 2 is 1.34 bits per heavy atom. The van der Waals surface area contributed by atoms with E-state index in [1.165, 1.54) is 119 Å². The van der Waals surface area contributed by atoms with Crippen LogP contribution in [-0.2, 0) is 14.4 Å². The fourth-order valence-electron chi connectivity index (χ4n) is 5.55. The molecular formula is C31H58N2O6SSi. The van der Waals surface area contributed by atoms with Gasteiger partial charge in [0, 0.05) is 25.3 Å². The number of nitro groups is 1. The molecule has 2 N–H and O–H groups in total. The zero-order valence-electron chi connectivity index (χ0n) is 26.1. The maximum absolute atomic E-state index is 13.1. The monoisotopic (exact) mass is 614 g/mol. The van der Waals surface area contributed by atoms with Crippen LogP contribution in [0.4, 0.5) is 5.69 Å². The molecule has 0 aromatic heterocycles. The van der Waals surface area contributed by atoms with Crippen molar-refractivity contribution in [2.45, 2.75) is 153 Å². The van der Waals surface area contributed by atoms with Gasteiger partial charge in [0.05, 0.1) is 4.92 Å². The van der Waals surface area contributed by atoms with Crippen molar-refractivity contribution >= 4 is 24.0 Å². The number of aliphatic hydroxyl groups excluding tert-OH is 1. The molecule has 1 unspecified atom stereocenters. The van der Waals surface area contributed by atoms with Crippen molar-refractivity contribution in [3.63, 3.8) is 0 Å².